The monoisotopic (exact) mass is 297 g/mol. The summed E-state index contributed by atoms with van der Waals surface area (Å²) in [5.74, 6) is 0.386. The summed E-state index contributed by atoms with van der Waals surface area (Å²) >= 11 is 0. The van der Waals surface area contributed by atoms with Gasteiger partial charge in [-0.3, -0.25) is 4.68 Å². The van der Waals surface area contributed by atoms with Crippen LogP contribution >= 0.6 is 0 Å². The fourth-order valence-electron chi connectivity index (χ4n) is 3.07. The van der Waals surface area contributed by atoms with Crippen molar-refractivity contribution in [1.82, 2.24) is 24.8 Å². The summed E-state index contributed by atoms with van der Waals surface area (Å²) in [6.45, 7) is 4.32. The van der Waals surface area contributed by atoms with Crippen LogP contribution in [0.25, 0.3) is 10.9 Å². The predicted molar refractivity (Wildman–Crippen MR) is 82.8 cm³/mol. The second kappa shape index (κ2) is 5.21. The van der Waals surface area contributed by atoms with Crippen molar-refractivity contribution in [3.05, 3.63) is 41.3 Å². The van der Waals surface area contributed by atoms with E-state index in [1.54, 1.807) is 0 Å². The molecular formula is C16H19N5O. The van der Waals surface area contributed by atoms with Crippen LogP contribution in [-0.2, 0) is 18.3 Å². The Kier molecular flexibility index (Phi) is 3.18. The fraction of sp³-hybridized carbons (Fsp3) is 0.438. The van der Waals surface area contributed by atoms with Gasteiger partial charge >= 0.3 is 0 Å². The predicted octanol–water partition coefficient (Wildman–Crippen LogP) is 2.03. The van der Waals surface area contributed by atoms with E-state index in [1.807, 2.05) is 22.6 Å². The molecular weight excluding hydrogens is 278 g/mol. The molecule has 1 atom stereocenters. The van der Waals surface area contributed by atoms with Gasteiger partial charge in [-0.05, 0) is 25.5 Å². The largest absolute Gasteiger partial charge is 0.381 e. The van der Waals surface area contributed by atoms with Crippen molar-refractivity contribution in [3.63, 3.8) is 0 Å². The molecule has 0 bridgehead atoms. The van der Waals surface area contributed by atoms with Crippen LogP contribution in [-0.4, -0.2) is 38.0 Å². The first-order chi connectivity index (χ1) is 10.7. The summed E-state index contributed by atoms with van der Waals surface area (Å²) in [6, 6.07) is 6.41. The number of ether oxygens (including phenoxy) is 1. The Morgan fingerprint density at radius 1 is 1.36 bits per heavy atom. The molecule has 0 saturated carbocycles. The highest BCUT2D eigenvalue weighted by atomic mass is 16.5. The molecule has 22 heavy (non-hydrogen) atoms. The summed E-state index contributed by atoms with van der Waals surface area (Å²) in [6.07, 6.45) is 3.06. The Morgan fingerprint density at radius 3 is 3.09 bits per heavy atom. The lowest BCUT2D eigenvalue weighted by Gasteiger charge is -2.00. The van der Waals surface area contributed by atoms with E-state index in [0.29, 0.717) is 12.5 Å². The highest BCUT2D eigenvalue weighted by molar-refractivity contribution is 5.82. The van der Waals surface area contributed by atoms with E-state index in [2.05, 4.69) is 40.5 Å². The van der Waals surface area contributed by atoms with Crippen LogP contribution in [0.5, 0.6) is 0 Å². The van der Waals surface area contributed by atoms with Crippen molar-refractivity contribution in [1.29, 1.82) is 0 Å². The lowest BCUT2D eigenvalue weighted by molar-refractivity contribution is 0.193. The van der Waals surface area contributed by atoms with E-state index in [-0.39, 0.29) is 0 Å². The molecule has 114 valence electrons. The number of rotatable bonds is 3. The molecule has 1 fully saturated rings. The maximum absolute atomic E-state index is 5.42. The van der Waals surface area contributed by atoms with E-state index < -0.39 is 0 Å². The number of aromatic nitrogens is 5. The Bertz CT molecular complexity index is 813. The van der Waals surface area contributed by atoms with Crippen LogP contribution in [0.4, 0.5) is 0 Å². The molecule has 4 rings (SSSR count). The van der Waals surface area contributed by atoms with Crippen LogP contribution < -0.4 is 0 Å². The smallest absolute Gasteiger partial charge is 0.0918 e. The molecule has 0 spiro atoms. The molecule has 3 aromatic rings. The van der Waals surface area contributed by atoms with Crippen LogP contribution in [0, 0.1) is 6.92 Å². The van der Waals surface area contributed by atoms with Gasteiger partial charge in [-0.2, -0.15) is 5.10 Å². The normalized spacial score (nSPS) is 18.4. The van der Waals surface area contributed by atoms with Gasteiger partial charge in [0.05, 0.1) is 30.1 Å². The molecule has 1 aliphatic rings. The van der Waals surface area contributed by atoms with Crippen molar-refractivity contribution in [3.8, 4) is 0 Å². The Morgan fingerprint density at radius 2 is 2.27 bits per heavy atom. The second-order valence-electron chi connectivity index (χ2n) is 5.99. The van der Waals surface area contributed by atoms with Crippen LogP contribution in [0.15, 0.2) is 24.4 Å². The highest BCUT2D eigenvalue weighted by Crippen LogP contribution is 2.24. The third-order valence-electron chi connectivity index (χ3n) is 4.30. The maximum Gasteiger partial charge on any atom is 0.0918 e. The summed E-state index contributed by atoms with van der Waals surface area (Å²) in [5, 5.41) is 14.4. The molecule has 3 heterocycles. The van der Waals surface area contributed by atoms with Crippen molar-refractivity contribution < 1.29 is 4.74 Å². The van der Waals surface area contributed by atoms with Gasteiger partial charge in [0.25, 0.3) is 0 Å². The fourth-order valence-corrected chi connectivity index (χ4v) is 3.07. The van der Waals surface area contributed by atoms with E-state index in [0.717, 1.165) is 36.5 Å². The van der Waals surface area contributed by atoms with Crippen molar-refractivity contribution in [2.24, 2.45) is 7.05 Å². The van der Waals surface area contributed by atoms with Gasteiger partial charge in [0.15, 0.2) is 0 Å². The standard InChI is InChI=1S/C16H19N5O/c1-11-3-4-16-13(7-11)15(18-20(16)2)9-21-8-14(17-19-21)12-5-6-22-10-12/h3-4,7-8,12H,5-6,9-10H2,1-2H3/t12-/m1/s1. The number of nitrogens with zero attached hydrogens (tertiary/aromatic N) is 5. The number of hydrogen-bond donors (Lipinski definition) is 0. The third-order valence-corrected chi connectivity index (χ3v) is 4.30. The number of fused-ring (bicyclic) bond motifs is 1. The maximum atomic E-state index is 5.42. The minimum atomic E-state index is 0.386. The van der Waals surface area contributed by atoms with Crippen LogP contribution in [0.2, 0.25) is 0 Å². The lowest BCUT2D eigenvalue weighted by atomic mass is 10.1. The van der Waals surface area contributed by atoms with Gasteiger partial charge in [-0.1, -0.05) is 16.8 Å². The molecule has 6 heteroatoms. The summed E-state index contributed by atoms with van der Waals surface area (Å²) in [5.41, 5.74) is 4.43. The zero-order valence-corrected chi connectivity index (χ0v) is 12.9. The van der Waals surface area contributed by atoms with Gasteiger partial charge in [-0.15, -0.1) is 5.10 Å². The molecule has 0 amide bonds. The first-order valence-electron chi connectivity index (χ1n) is 7.61. The van der Waals surface area contributed by atoms with Gasteiger partial charge in [0.1, 0.15) is 0 Å². The molecule has 0 unspecified atom stereocenters. The van der Waals surface area contributed by atoms with E-state index in [9.17, 15) is 0 Å². The number of benzene rings is 1. The van der Waals surface area contributed by atoms with Gasteiger partial charge in [-0.25, -0.2) is 4.68 Å². The van der Waals surface area contributed by atoms with E-state index in [4.69, 9.17) is 4.74 Å². The van der Waals surface area contributed by atoms with Gasteiger partial charge in [0, 0.05) is 31.2 Å². The van der Waals surface area contributed by atoms with Crippen molar-refractivity contribution in [2.45, 2.75) is 25.8 Å². The first kappa shape index (κ1) is 13.5. The van der Waals surface area contributed by atoms with Crippen molar-refractivity contribution >= 4 is 10.9 Å². The Labute approximate surface area is 128 Å². The summed E-state index contributed by atoms with van der Waals surface area (Å²) in [4.78, 5) is 0. The average Bonchev–Trinajstić information content (AvgIpc) is 3.21. The second-order valence-corrected chi connectivity index (χ2v) is 5.99. The average molecular weight is 297 g/mol. The summed E-state index contributed by atoms with van der Waals surface area (Å²) in [7, 11) is 1.98. The molecule has 6 nitrogen and oxygen atoms in total. The zero-order valence-electron chi connectivity index (χ0n) is 12.9. The van der Waals surface area contributed by atoms with E-state index in [1.165, 1.54) is 10.9 Å². The van der Waals surface area contributed by atoms with Crippen LogP contribution in [0.1, 0.15) is 29.3 Å². The molecule has 0 aliphatic carbocycles. The highest BCUT2D eigenvalue weighted by Gasteiger charge is 2.21. The first-order valence-corrected chi connectivity index (χ1v) is 7.61. The molecule has 1 aliphatic heterocycles. The lowest BCUT2D eigenvalue weighted by Crippen LogP contribution is -2.02. The van der Waals surface area contributed by atoms with E-state index >= 15 is 0 Å². The quantitative estimate of drug-likeness (QED) is 0.742. The number of aryl methyl sites for hydroxylation is 2. The van der Waals surface area contributed by atoms with Crippen LogP contribution in [0.3, 0.4) is 0 Å². The topological polar surface area (TPSA) is 57.8 Å². The van der Waals surface area contributed by atoms with Crippen molar-refractivity contribution in [2.75, 3.05) is 13.2 Å². The SMILES string of the molecule is Cc1ccc2c(c1)c(Cn1cc([C@@H]3CCOC3)nn1)nn2C. The zero-order chi connectivity index (χ0) is 15.1. The minimum absolute atomic E-state index is 0.386. The Balaban J connectivity index is 1.64. The third kappa shape index (κ3) is 2.29. The molecule has 2 aromatic heterocycles. The van der Waals surface area contributed by atoms with Gasteiger partial charge < -0.3 is 4.74 Å². The summed E-state index contributed by atoms with van der Waals surface area (Å²) < 4.78 is 9.22. The molecule has 1 aromatic carbocycles. The Hall–Kier alpha value is -2.21. The minimum Gasteiger partial charge on any atom is -0.381 e. The molecule has 1 saturated heterocycles. The number of hydrogen-bond acceptors (Lipinski definition) is 4. The molecule has 0 radical (unpaired) electrons. The molecule has 0 N–H and O–H groups in total. The van der Waals surface area contributed by atoms with Gasteiger partial charge in [0.2, 0.25) is 0 Å².